The number of ether oxygens (including phenoxy) is 1. The Labute approximate surface area is 182 Å². The van der Waals surface area contributed by atoms with E-state index in [4.69, 9.17) is 4.74 Å². The second-order valence-corrected chi connectivity index (χ2v) is 7.73. The second kappa shape index (κ2) is 10.2. The van der Waals surface area contributed by atoms with Crippen molar-refractivity contribution in [1.82, 2.24) is 5.32 Å². The molecule has 6 heteroatoms. The fraction of sp³-hybridized carbons (Fsp3) is 0.360. The molecule has 162 valence electrons. The van der Waals surface area contributed by atoms with Gasteiger partial charge in [-0.25, -0.2) is 4.79 Å². The summed E-state index contributed by atoms with van der Waals surface area (Å²) in [5, 5.41) is 2.80. The number of benzene rings is 2. The fourth-order valence-corrected chi connectivity index (χ4v) is 3.78. The Kier molecular flexibility index (Phi) is 7.34. The smallest absolute Gasteiger partial charge is 0.339 e. The van der Waals surface area contributed by atoms with E-state index in [1.165, 1.54) is 18.2 Å². The minimum absolute atomic E-state index is 0.00691. The van der Waals surface area contributed by atoms with Crippen molar-refractivity contribution in [3.05, 3.63) is 70.3 Å². The van der Waals surface area contributed by atoms with Gasteiger partial charge in [-0.05, 0) is 18.4 Å². The van der Waals surface area contributed by atoms with Gasteiger partial charge < -0.3 is 10.1 Å². The number of amides is 1. The lowest BCUT2D eigenvalue weighted by molar-refractivity contribution is -0.124. The lowest BCUT2D eigenvalue weighted by atomic mass is 9.82. The van der Waals surface area contributed by atoms with Crippen LogP contribution in [0.1, 0.15) is 81.7 Å². The Hall–Kier alpha value is -3.28. The van der Waals surface area contributed by atoms with Gasteiger partial charge in [0.15, 0.2) is 18.2 Å². The van der Waals surface area contributed by atoms with Crippen LogP contribution >= 0.6 is 0 Å². The van der Waals surface area contributed by atoms with E-state index in [0.29, 0.717) is 18.0 Å². The first kappa shape index (κ1) is 22.4. The summed E-state index contributed by atoms with van der Waals surface area (Å²) in [4.78, 5) is 50.5. The average molecular weight is 421 g/mol. The molecule has 1 atom stereocenters. The zero-order chi connectivity index (χ0) is 22.4. The zero-order valence-corrected chi connectivity index (χ0v) is 17.9. The molecule has 1 amide bonds. The monoisotopic (exact) mass is 421 g/mol. The number of esters is 1. The largest absolute Gasteiger partial charge is 0.452 e. The number of fused-ring (bicyclic) bond motifs is 2. The summed E-state index contributed by atoms with van der Waals surface area (Å²) < 4.78 is 5.16. The quantitative estimate of drug-likeness (QED) is 0.529. The van der Waals surface area contributed by atoms with Crippen molar-refractivity contribution in [2.75, 3.05) is 13.2 Å². The van der Waals surface area contributed by atoms with Gasteiger partial charge in [0.2, 0.25) is 0 Å². The molecule has 1 N–H and O–H groups in total. The van der Waals surface area contributed by atoms with Crippen LogP contribution in [-0.2, 0) is 9.53 Å². The van der Waals surface area contributed by atoms with Crippen molar-refractivity contribution in [2.45, 2.75) is 39.5 Å². The Balaban J connectivity index is 1.68. The molecule has 0 saturated carbocycles. The number of nitrogens with one attached hydrogen (secondary N) is 1. The van der Waals surface area contributed by atoms with Crippen molar-refractivity contribution in [2.24, 2.45) is 5.92 Å². The van der Waals surface area contributed by atoms with E-state index < -0.39 is 18.4 Å². The summed E-state index contributed by atoms with van der Waals surface area (Å²) in [5.41, 5.74) is 0.771. The van der Waals surface area contributed by atoms with Crippen LogP contribution < -0.4 is 5.32 Å². The third kappa shape index (κ3) is 4.90. The summed E-state index contributed by atoms with van der Waals surface area (Å²) in [6.07, 6.45) is 4.22. The highest BCUT2D eigenvalue weighted by Crippen LogP contribution is 2.29. The molecule has 31 heavy (non-hydrogen) atoms. The molecule has 0 fully saturated rings. The zero-order valence-electron chi connectivity index (χ0n) is 17.9. The van der Waals surface area contributed by atoms with Crippen LogP contribution in [0.3, 0.4) is 0 Å². The predicted octanol–water partition coefficient (Wildman–Crippen LogP) is 3.95. The maximum atomic E-state index is 13.0. The van der Waals surface area contributed by atoms with Crippen molar-refractivity contribution >= 4 is 23.4 Å². The number of ketones is 2. The molecular formula is C25H27NO5. The van der Waals surface area contributed by atoms with E-state index in [-0.39, 0.29) is 33.9 Å². The van der Waals surface area contributed by atoms with Crippen LogP contribution in [-0.4, -0.2) is 36.6 Å². The predicted molar refractivity (Wildman–Crippen MR) is 116 cm³/mol. The first-order valence-corrected chi connectivity index (χ1v) is 10.7. The molecular weight excluding hydrogens is 394 g/mol. The summed E-state index contributed by atoms with van der Waals surface area (Å²) in [6, 6.07) is 11.0. The highest BCUT2D eigenvalue weighted by Gasteiger charge is 2.33. The molecule has 0 heterocycles. The lowest BCUT2D eigenvalue weighted by Gasteiger charge is -2.19. The van der Waals surface area contributed by atoms with Gasteiger partial charge in [0.1, 0.15) is 0 Å². The molecule has 0 aliphatic heterocycles. The molecule has 6 nitrogen and oxygen atoms in total. The van der Waals surface area contributed by atoms with Gasteiger partial charge >= 0.3 is 5.97 Å². The van der Waals surface area contributed by atoms with Crippen molar-refractivity contribution < 1.29 is 23.9 Å². The Morgan fingerprint density at radius 3 is 2.29 bits per heavy atom. The van der Waals surface area contributed by atoms with Crippen LogP contribution in [0.4, 0.5) is 0 Å². The van der Waals surface area contributed by atoms with Gasteiger partial charge in [0.25, 0.3) is 5.91 Å². The lowest BCUT2D eigenvalue weighted by Crippen LogP contribution is -2.33. The van der Waals surface area contributed by atoms with E-state index in [1.54, 1.807) is 24.3 Å². The molecule has 0 saturated heterocycles. The maximum absolute atomic E-state index is 13.0. The van der Waals surface area contributed by atoms with Crippen LogP contribution in [0.15, 0.2) is 42.5 Å². The highest BCUT2D eigenvalue weighted by molar-refractivity contribution is 6.30. The van der Waals surface area contributed by atoms with Crippen LogP contribution in [0.2, 0.25) is 0 Å². The van der Waals surface area contributed by atoms with Crippen LogP contribution in [0.25, 0.3) is 0 Å². The minimum Gasteiger partial charge on any atom is -0.452 e. The van der Waals surface area contributed by atoms with Gasteiger partial charge in [-0.1, -0.05) is 69.5 Å². The topological polar surface area (TPSA) is 89.5 Å². The van der Waals surface area contributed by atoms with Crippen molar-refractivity contribution in [3.8, 4) is 0 Å². The molecule has 0 aromatic heterocycles. The molecule has 1 aliphatic carbocycles. The first-order chi connectivity index (χ1) is 15.0. The van der Waals surface area contributed by atoms with Gasteiger partial charge in [-0.3, -0.25) is 14.4 Å². The molecule has 2 aromatic carbocycles. The highest BCUT2D eigenvalue weighted by atomic mass is 16.5. The van der Waals surface area contributed by atoms with Crippen LogP contribution in [0.5, 0.6) is 0 Å². The Morgan fingerprint density at radius 1 is 0.935 bits per heavy atom. The average Bonchev–Trinajstić information content (AvgIpc) is 2.80. The Bertz CT molecular complexity index is 1010. The summed E-state index contributed by atoms with van der Waals surface area (Å²) in [5.74, 6) is -1.50. The number of unbranched alkanes of at least 4 members (excludes halogenated alkanes) is 1. The SMILES string of the molecule is CCCC[C@H](CC)CNC(=O)COC(=O)c1cccc2c1C(=O)c1ccccc1C2=O. The van der Waals surface area contributed by atoms with Gasteiger partial charge in [-0.2, -0.15) is 0 Å². The van der Waals surface area contributed by atoms with E-state index in [9.17, 15) is 19.2 Å². The second-order valence-electron chi connectivity index (χ2n) is 7.73. The molecule has 2 aromatic rings. The van der Waals surface area contributed by atoms with E-state index in [2.05, 4.69) is 19.2 Å². The standard InChI is InChI=1S/C25H27NO5/c1-3-5-9-16(4-2)14-26-21(27)15-31-25(30)20-13-8-12-19-22(20)24(29)18-11-7-6-10-17(18)23(19)28/h6-8,10-13,16H,3-5,9,14-15H2,1-2H3,(H,26,27)/t16-/m0/s1. The number of hydrogen-bond acceptors (Lipinski definition) is 5. The molecule has 0 radical (unpaired) electrons. The number of carbonyl (C=O) groups excluding carboxylic acids is 4. The fourth-order valence-electron chi connectivity index (χ4n) is 3.78. The third-order valence-electron chi connectivity index (χ3n) is 5.64. The molecule has 1 aliphatic rings. The minimum atomic E-state index is -0.800. The summed E-state index contributed by atoms with van der Waals surface area (Å²) in [7, 11) is 0. The number of rotatable bonds is 9. The van der Waals surface area contributed by atoms with Crippen molar-refractivity contribution in [1.29, 1.82) is 0 Å². The maximum Gasteiger partial charge on any atom is 0.339 e. The summed E-state index contributed by atoms with van der Waals surface area (Å²) in [6.45, 7) is 4.31. The van der Waals surface area contributed by atoms with E-state index in [1.807, 2.05) is 0 Å². The number of carbonyl (C=O) groups is 4. The summed E-state index contributed by atoms with van der Waals surface area (Å²) >= 11 is 0. The van der Waals surface area contributed by atoms with Gasteiger partial charge in [0, 0.05) is 28.8 Å². The van der Waals surface area contributed by atoms with Gasteiger partial charge in [-0.15, -0.1) is 0 Å². The van der Waals surface area contributed by atoms with E-state index in [0.717, 1.165) is 25.7 Å². The Morgan fingerprint density at radius 2 is 1.61 bits per heavy atom. The third-order valence-corrected chi connectivity index (χ3v) is 5.64. The number of hydrogen-bond donors (Lipinski definition) is 1. The first-order valence-electron chi connectivity index (χ1n) is 10.7. The molecule has 0 unspecified atom stereocenters. The molecule has 3 rings (SSSR count). The van der Waals surface area contributed by atoms with E-state index >= 15 is 0 Å². The van der Waals surface area contributed by atoms with Gasteiger partial charge in [0.05, 0.1) is 5.56 Å². The van der Waals surface area contributed by atoms with Crippen LogP contribution in [0, 0.1) is 5.92 Å². The molecule has 0 bridgehead atoms. The molecule has 0 spiro atoms. The van der Waals surface area contributed by atoms with Crippen molar-refractivity contribution in [3.63, 3.8) is 0 Å². The normalized spacial score (nSPS) is 13.2.